The van der Waals surface area contributed by atoms with Crippen LogP contribution in [0, 0.1) is 0 Å². The first-order valence-corrected chi connectivity index (χ1v) is 6.36. The van der Waals surface area contributed by atoms with E-state index in [2.05, 4.69) is 5.10 Å². The molecule has 2 fully saturated rings. The van der Waals surface area contributed by atoms with Crippen molar-refractivity contribution in [1.29, 1.82) is 0 Å². The predicted molar refractivity (Wildman–Crippen MR) is 61.7 cm³/mol. The minimum Gasteiger partial charge on any atom is -0.293 e. The maximum Gasteiger partial charge on any atom is 0.177 e. The number of carbonyl (C=O) groups excluding carboxylic acids is 1. The Morgan fingerprint density at radius 3 is 2.56 bits per heavy atom. The number of nitrogens with zero attached hydrogens (tertiary/aromatic N) is 2. The van der Waals surface area contributed by atoms with Crippen LogP contribution in [0.3, 0.4) is 0 Å². The lowest BCUT2D eigenvalue weighted by atomic mass is 10.0. The molecule has 0 aromatic carbocycles. The van der Waals surface area contributed by atoms with Gasteiger partial charge in [-0.1, -0.05) is 12.8 Å². The molecule has 0 unspecified atom stereocenters. The van der Waals surface area contributed by atoms with Crippen molar-refractivity contribution in [2.45, 2.75) is 57.4 Å². The van der Waals surface area contributed by atoms with Crippen LogP contribution in [0.4, 0.5) is 0 Å². The van der Waals surface area contributed by atoms with Crippen LogP contribution < -0.4 is 0 Å². The fourth-order valence-corrected chi connectivity index (χ4v) is 2.69. The van der Waals surface area contributed by atoms with E-state index < -0.39 is 0 Å². The van der Waals surface area contributed by atoms with Crippen molar-refractivity contribution >= 4 is 5.78 Å². The molecule has 0 spiro atoms. The Kier molecular flexibility index (Phi) is 2.34. The second-order valence-corrected chi connectivity index (χ2v) is 5.17. The first-order valence-electron chi connectivity index (χ1n) is 6.36. The van der Waals surface area contributed by atoms with E-state index in [1.165, 1.54) is 38.5 Å². The molecule has 2 aliphatic rings. The van der Waals surface area contributed by atoms with Crippen LogP contribution in [-0.2, 0) is 0 Å². The first kappa shape index (κ1) is 10.1. The molecule has 86 valence electrons. The van der Waals surface area contributed by atoms with Gasteiger partial charge in [-0.15, -0.1) is 0 Å². The number of Topliss-reactive ketones (excluding diaryl/α,β-unsaturated/α-hetero) is 1. The molecule has 2 saturated carbocycles. The van der Waals surface area contributed by atoms with E-state index >= 15 is 0 Å². The summed E-state index contributed by atoms with van der Waals surface area (Å²) < 4.78 is 1.98. The Labute approximate surface area is 95.8 Å². The fourth-order valence-electron chi connectivity index (χ4n) is 2.69. The lowest BCUT2D eigenvalue weighted by Crippen LogP contribution is -2.06. The Bertz CT molecular complexity index is 412. The molecule has 0 N–H and O–H groups in total. The van der Waals surface area contributed by atoms with Crippen LogP contribution in [0.25, 0.3) is 0 Å². The molecule has 16 heavy (non-hydrogen) atoms. The number of carbonyl (C=O) groups is 1. The van der Waals surface area contributed by atoms with Gasteiger partial charge in [-0.25, -0.2) is 0 Å². The molecule has 3 rings (SSSR count). The topological polar surface area (TPSA) is 34.9 Å². The second-order valence-electron chi connectivity index (χ2n) is 5.17. The van der Waals surface area contributed by atoms with Gasteiger partial charge in [0.05, 0.1) is 11.7 Å². The van der Waals surface area contributed by atoms with Crippen LogP contribution in [-0.4, -0.2) is 15.6 Å². The molecule has 0 amide bonds. The van der Waals surface area contributed by atoms with Crippen LogP contribution in [0.1, 0.15) is 73.6 Å². The molecule has 0 radical (unpaired) electrons. The maximum atomic E-state index is 11.6. The lowest BCUT2D eigenvalue weighted by Gasteiger charge is -2.04. The van der Waals surface area contributed by atoms with Crippen molar-refractivity contribution in [1.82, 2.24) is 9.78 Å². The molecular formula is C13H18N2O. The highest BCUT2D eigenvalue weighted by atomic mass is 16.1. The SMILES string of the molecule is CC(=O)c1cc(C2CCCC2)nn1C1CC1. The molecule has 0 bridgehead atoms. The van der Waals surface area contributed by atoms with Gasteiger partial charge in [0.2, 0.25) is 0 Å². The van der Waals surface area contributed by atoms with Crippen LogP contribution in [0.2, 0.25) is 0 Å². The molecule has 0 saturated heterocycles. The quantitative estimate of drug-likeness (QED) is 0.731. The smallest absolute Gasteiger partial charge is 0.177 e. The summed E-state index contributed by atoms with van der Waals surface area (Å²) in [5, 5.41) is 4.67. The number of ketones is 1. The van der Waals surface area contributed by atoms with Crippen LogP contribution in [0.5, 0.6) is 0 Å². The van der Waals surface area contributed by atoms with E-state index in [-0.39, 0.29) is 5.78 Å². The van der Waals surface area contributed by atoms with Crippen molar-refractivity contribution in [3.05, 3.63) is 17.5 Å². The Morgan fingerprint density at radius 2 is 2.00 bits per heavy atom. The zero-order chi connectivity index (χ0) is 11.1. The molecule has 3 heteroatoms. The second kappa shape index (κ2) is 3.72. The monoisotopic (exact) mass is 218 g/mol. The molecule has 2 aliphatic carbocycles. The number of rotatable bonds is 3. The average molecular weight is 218 g/mol. The van der Waals surface area contributed by atoms with Crippen molar-refractivity contribution in [2.75, 3.05) is 0 Å². The van der Waals surface area contributed by atoms with E-state index in [4.69, 9.17) is 0 Å². The van der Waals surface area contributed by atoms with E-state index in [0.717, 1.165) is 11.4 Å². The van der Waals surface area contributed by atoms with Crippen molar-refractivity contribution in [2.24, 2.45) is 0 Å². The number of aromatic nitrogens is 2. The zero-order valence-corrected chi connectivity index (χ0v) is 9.78. The summed E-state index contributed by atoms with van der Waals surface area (Å²) in [5.41, 5.74) is 1.99. The molecule has 1 aromatic rings. The van der Waals surface area contributed by atoms with Gasteiger partial charge in [0.25, 0.3) is 0 Å². The van der Waals surface area contributed by atoms with E-state index in [1.807, 2.05) is 10.7 Å². The summed E-state index contributed by atoms with van der Waals surface area (Å²) in [7, 11) is 0. The van der Waals surface area contributed by atoms with Gasteiger partial charge in [0.1, 0.15) is 5.69 Å². The standard InChI is InChI=1S/C13H18N2O/c1-9(16)13-8-12(10-4-2-3-5-10)14-15(13)11-6-7-11/h8,10-11H,2-7H2,1H3. The van der Waals surface area contributed by atoms with E-state index in [9.17, 15) is 4.79 Å². The van der Waals surface area contributed by atoms with Gasteiger partial charge in [0, 0.05) is 12.8 Å². The van der Waals surface area contributed by atoms with Gasteiger partial charge >= 0.3 is 0 Å². The average Bonchev–Trinajstić information content (AvgIpc) is 2.83. The van der Waals surface area contributed by atoms with E-state index in [0.29, 0.717) is 12.0 Å². The Hall–Kier alpha value is -1.12. The number of hydrogen-bond donors (Lipinski definition) is 0. The Balaban J connectivity index is 1.94. The predicted octanol–water partition coefficient (Wildman–Crippen LogP) is 3.08. The van der Waals surface area contributed by atoms with Gasteiger partial charge in [0.15, 0.2) is 5.78 Å². The lowest BCUT2D eigenvalue weighted by molar-refractivity contribution is 0.100. The Morgan fingerprint density at radius 1 is 1.31 bits per heavy atom. The van der Waals surface area contributed by atoms with E-state index in [1.54, 1.807) is 6.92 Å². The maximum absolute atomic E-state index is 11.6. The minimum absolute atomic E-state index is 0.156. The van der Waals surface area contributed by atoms with Crippen molar-refractivity contribution in [3.63, 3.8) is 0 Å². The highest BCUT2D eigenvalue weighted by Crippen LogP contribution is 2.38. The summed E-state index contributed by atoms with van der Waals surface area (Å²) in [6.07, 6.45) is 7.50. The summed E-state index contributed by atoms with van der Waals surface area (Å²) in [4.78, 5) is 11.6. The van der Waals surface area contributed by atoms with Crippen LogP contribution >= 0.6 is 0 Å². The van der Waals surface area contributed by atoms with Gasteiger partial charge in [-0.05, 0) is 31.7 Å². The molecule has 0 atom stereocenters. The zero-order valence-electron chi connectivity index (χ0n) is 9.78. The molecule has 0 aliphatic heterocycles. The first-order chi connectivity index (χ1) is 7.75. The third-order valence-corrected chi connectivity index (χ3v) is 3.78. The molecule has 3 nitrogen and oxygen atoms in total. The summed E-state index contributed by atoms with van der Waals surface area (Å²) in [6.45, 7) is 1.65. The largest absolute Gasteiger partial charge is 0.293 e. The van der Waals surface area contributed by atoms with Crippen molar-refractivity contribution < 1.29 is 4.79 Å². The highest BCUT2D eigenvalue weighted by molar-refractivity contribution is 5.92. The van der Waals surface area contributed by atoms with Crippen molar-refractivity contribution in [3.8, 4) is 0 Å². The molecule has 1 aromatic heterocycles. The normalized spacial score (nSPS) is 21.6. The molecular weight excluding hydrogens is 200 g/mol. The molecule has 1 heterocycles. The summed E-state index contributed by atoms with van der Waals surface area (Å²) in [6, 6.07) is 2.55. The van der Waals surface area contributed by atoms with Gasteiger partial charge in [-0.2, -0.15) is 5.10 Å². The minimum atomic E-state index is 0.156. The number of hydrogen-bond acceptors (Lipinski definition) is 2. The third-order valence-electron chi connectivity index (χ3n) is 3.78. The van der Waals surface area contributed by atoms with Gasteiger partial charge < -0.3 is 0 Å². The summed E-state index contributed by atoms with van der Waals surface area (Å²) >= 11 is 0. The fraction of sp³-hybridized carbons (Fsp3) is 0.692. The third kappa shape index (κ3) is 1.68. The summed E-state index contributed by atoms with van der Waals surface area (Å²) in [5.74, 6) is 0.766. The van der Waals surface area contributed by atoms with Crippen LogP contribution in [0.15, 0.2) is 6.07 Å². The van der Waals surface area contributed by atoms with Gasteiger partial charge in [-0.3, -0.25) is 9.48 Å². The highest BCUT2D eigenvalue weighted by Gasteiger charge is 2.30.